The Kier molecular flexibility index (Phi) is 5.74. The van der Waals surface area contributed by atoms with Crippen LogP contribution in [0.15, 0.2) is 18.2 Å². The van der Waals surface area contributed by atoms with Gasteiger partial charge in [0.25, 0.3) is 5.91 Å². The van der Waals surface area contributed by atoms with Crippen LogP contribution in [-0.2, 0) is 4.79 Å². The Morgan fingerprint density at radius 3 is 2.45 bits per heavy atom. The second kappa shape index (κ2) is 7.08. The van der Waals surface area contributed by atoms with Gasteiger partial charge in [-0.25, -0.2) is 0 Å². The predicted octanol–water partition coefficient (Wildman–Crippen LogP) is 2.88. The van der Waals surface area contributed by atoms with E-state index in [-0.39, 0.29) is 18.9 Å². The summed E-state index contributed by atoms with van der Waals surface area (Å²) < 4.78 is 0. The van der Waals surface area contributed by atoms with E-state index in [9.17, 15) is 9.59 Å². The Hall–Kier alpha value is -1.84. The van der Waals surface area contributed by atoms with Crippen LogP contribution in [0.5, 0.6) is 0 Å². The number of aryl methyl sites for hydroxylation is 1. The maximum atomic E-state index is 12.6. The molecule has 0 aliphatic rings. The third kappa shape index (κ3) is 4.37. The largest absolute Gasteiger partial charge is 0.481 e. The SMILES string of the molecule is Cc1cccc(C(=O)N(CCC(=O)O)CC(C)C)c1C. The van der Waals surface area contributed by atoms with Crippen LogP contribution in [0.4, 0.5) is 0 Å². The van der Waals surface area contributed by atoms with Gasteiger partial charge in [-0.2, -0.15) is 0 Å². The normalized spacial score (nSPS) is 10.7. The Morgan fingerprint density at radius 2 is 1.90 bits per heavy atom. The average molecular weight is 277 g/mol. The van der Waals surface area contributed by atoms with Gasteiger partial charge in [0, 0.05) is 18.7 Å². The van der Waals surface area contributed by atoms with Gasteiger partial charge >= 0.3 is 5.97 Å². The molecule has 0 aliphatic carbocycles. The van der Waals surface area contributed by atoms with E-state index in [4.69, 9.17) is 5.11 Å². The average Bonchev–Trinajstić information content (AvgIpc) is 2.36. The highest BCUT2D eigenvalue weighted by Gasteiger charge is 2.19. The zero-order valence-electron chi connectivity index (χ0n) is 12.6. The van der Waals surface area contributed by atoms with Gasteiger partial charge in [-0.15, -0.1) is 0 Å². The quantitative estimate of drug-likeness (QED) is 0.869. The molecule has 0 spiro atoms. The number of amides is 1. The second-order valence-electron chi connectivity index (χ2n) is 5.54. The molecule has 1 rings (SSSR count). The van der Waals surface area contributed by atoms with Crippen molar-refractivity contribution < 1.29 is 14.7 Å². The number of nitrogens with zero attached hydrogens (tertiary/aromatic N) is 1. The molecule has 4 heteroatoms. The van der Waals surface area contributed by atoms with Gasteiger partial charge in [0.15, 0.2) is 0 Å². The van der Waals surface area contributed by atoms with Crippen molar-refractivity contribution in [3.8, 4) is 0 Å². The summed E-state index contributed by atoms with van der Waals surface area (Å²) in [5.41, 5.74) is 2.69. The first-order valence-electron chi connectivity index (χ1n) is 6.90. The molecule has 0 saturated carbocycles. The van der Waals surface area contributed by atoms with Crippen molar-refractivity contribution in [3.63, 3.8) is 0 Å². The first-order valence-corrected chi connectivity index (χ1v) is 6.90. The van der Waals surface area contributed by atoms with Crippen LogP contribution < -0.4 is 0 Å². The van der Waals surface area contributed by atoms with Crippen LogP contribution in [0.1, 0.15) is 41.8 Å². The van der Waals surface area contributed by atoms with Crippen molar-refractivity contribution in [2.75, 3.05) is 13.1 Å². The summed E-state index contributed by atoms with van der Waals surface area (Å²) in [6, 6.07) is 5.63. The minimum Gasteiger partial charge on any atom is -0.481 e. The minimum absolute atomic E-state index is 0.0245. The number of carboxylic acids is 1. The predicted molar refractivity (Wildman–Crippen MR) is 78.9 cm³/mol. The maximum absolute atomic E-state index is 12.6. The van der Waals surface area contributed by atoms with Crippen LogP contribution in [0.2, 0.25) is 0 Å². The van der Waals surface area contributed by atoms with Crippen molar-refractivity contribution >= 4 is 11.9 Å². The van der Waals surface area contributed by atoms with Crippen molar-refractivity contribution in [1.29, 1.82) is 0 Å². The lowest BCUT2D eigenvalue weighted by molar-refractivity contribution is -0.137. The zero-order chi connectivity index (χ0) is 15.3. The van der Waals surface area contributed by atoms with Gasteiger partial charge in [-0.05, 0) is 37.0 Å². The fraction of sp³-hybridized carbons (Fsp3) is 0.500. The highest BCUT2D eigenvalue weighted by atomic mass is 16.4. The maximum Gasteiger partial charge on any atom is 0.305 e. The summed E-state index contributed by atoms with van der Waals surface area (Å²) in [5.74, 6) is -0.661. The summed E-state index contributed by atoms with van der Waals surface area (Å²) >= 11 is 0. The molecule has 0 heterocycles. The summed E-state index contributed by atoms with van der Waals surface area (Å²) in [4.78, 5) is 25.0. The highest BCUT2D eigenvalue weighted by molar-refractivity contribution is 5.96. The summed E-state index contributed by atoms with van der Waals surface area (Å²) in [6.45, 7) is 8.75. The molecule has 1 N–H and O–H groups in total. The van der Waals surface area contributed by atoms with Crippen molar-refractivity contribution in [2.45, 2.75) is 34.1 Å². The second-order valence-corrected chi connectivity index (χ2v) is 5.54. The molecule has 0 aromatic heterocycles. The lowest BCUT2D eigenvalue weighted by Gasteiger charge is -2.25. The van der Waals surface area contributed by atoms with Gasteiger partial charge in [0.2, 0.25) is 0 Å². The number of hydrogen-bond donors (Lipinski definition) is 1. The number of aliphatic carboxylic acids is 1. The van der Waals surface area contributed by atoms with Crippen LogP contribution in [-0.4, -0.2) is 35.0 Å². The number of rotatable bonds is 6. The van der Waals surface area contributed by atoms with E-state index >= 15 is 0 Å². The lowest BCUT2D eigenvalue weighted by atomic mass is 10.0. The van der Waals surface area contributed by atoms with Gasteiger partial charge in [0.05, 0.1) is 6.42 Å². The van der Waals surface area contributed by atoms with Crippen molar-refractivity contribution in [1.82, 2.24) is 4.90 Å². The van der Waals surface area contributed by atoms with E-state index < -0.39 is 5.97 Å². The standard InChI is InChI=1S/C16H23NO3/c1-11(2)10-17(9-8-15(18)19)16(20)14-7-5-6-12(3)13(14)4/h5-7,11H,8-10H2,1-4H3,(H,18,19). The molecule has 4 nitrogen and oxygen atoms in total. The van der Waals surface area contributed by atoms with Gasteiger partial charge < -0.3 is 10.0 Å². The van der Waals surface area contributed by atoms with Crippen LogP contribution in [0.25, 0.3) is 0 Å². The topological polar surface area (TPSA) is 57.6 Å². The Morgan fingerprint density at radius 1 is 1.25 bits per heavy atom. The summed E-state index contributed by atoms with van der Waals surface area (Å²) in [6.07, 6.45) is -0.0245. The molecule has 1 aromatic rings. The number of benzene rings is 1. The van der Waals surface area contributed by atoms with E-state index in [1.807, 2.05) is 39.8 Å². The van der Waals surface area contributed by atoms with E-state index in [0.29, 0.717) is 18.0 Å². The number of hydrogen-bond acceptors (Lipinski definition) is 2. The molecule has 0 radical (unpaired) electrons. The van der Waals surface area contributed by atoms with Crippen LogP contribution in [0.3, 0.4) is 0 Å². The van der Waals surface area contributed by atoms with E-state index in [1.165, 1.54) is 0 Å². The molecular weight excluding hydrogens is 254 g/mol. The summed E-state index contributed by atoms with van der Waals surface area (Å²) in [7, 11) is 0. The number of carbonyl (C=O) groups is 2. The lowest BCUT2D eigenvalue weighted by Crippen LogP contribution is -2.36. The molecule has 0 aliphatic heterocycles. The van der Waals surface area contributed by atoms with E-state index in [2.05, 4.69) is 0 Å². The Bertz CT molecular complexity index is 494. The molecule has 1 aromatic carbocycles. The van der Waals surface area contributed by atoms with Gasteiger partial charge in [0.1, 0.15) is 0 Å². The molecule has 20 heavy (non-hydrogen) atoms. The van der Waals surface area contributed by atoms with E-state index in [1.54, 1.807) is 11.0 Å². The van der Waals surface area contributed by atoms with E-state index in [0.717, 1.165) is 11.1 Å². The highest BCUT2D eigenvalue weighted by Crippen LogP contribution is 2.16. The molecule has 0 bridgehead atoms. The third-order valence-electron chi connectivity index (χ3n) is 3.30. The minimum atomic E-state index is -0.882. The fourth-order valence-electron chi connectivity index (χ4n) is 2.10. The molecule has 110 valence electrons. The summed E-state index contributed by atoms with van der Waals surface area (Å²) in [5, 5.41) is 8.81. The molecule has 0 fully saturated rings. The molecule has 1 amide bonds. The molecular formula is C16H23NO3. The smallest absolute Gasteiger partial charge is 0.305 e. The Balaban J connectivity index is 2.96. The van der Waals surface area contributed by atoms with Crippen LogP contribution >= 0.6 is 0 Å². The first kappa shape index (κ1) is 16.2. The molecule has 0 unspecified atom stereocenters. The zero-order valence-corrected chi connectivity index (χ0v) is 12.6. The van der Waals surface area contributed by atoms with Crippen LogP contribution in [0, 0.1) is 19.8 Å². The van der Waals surface area contributed by atoms with Crippen molar-refractivity contribution in [3.05, 3.63) is 34.9 Å². The monoisotopic (exact) mass is 277 g/mol. The molecule has 0 saturated heterocycles. The number of carboxylic acid groups (broad SMARTS) is 1. The first-order chi connectivity index (χ1) is 9.32. The van der Waals surface area contributed by atoms with Gasteiger partial charge in [-0.3, -0.25) is 9.59 Å². The molecule has 0 atom stereocenters. The van der Waals surface area contributed by atoms with Gasteiger partial charge in [-0.1, -0.05) is 26.0 Å². The fourth-order valence-corrected chi connectivity index (χ4v) is 2.10. The number of carbonyl (C=O) groups excluding carboxylic acids is 1. The third-order valence-corrected chi connectivity index (χ3v) is 3.30. The van der Waals surface area contributed by atoms with Crippen molar-refractivity contribution in [2.24, 2.45) is 5.92 Å². The Labute approximate surface area is 120 Å².